The van der Waals surface area contributed by atoms with Gasteiger partial charge in [-0.25, -0.2) is 17.4 Å². The van der Waals surface area contributed by atoms with Crippen LogP contribution in [0.5, 0.6) is 5.88 Å². The van der Waals surface area contributed by atoms with Gasteiger partial charge < -0.3 is 9.26 Å². The molecule has 0 saturated carbocycles. The number of hydrogen-bond donors (Lipinski definition) is 0. The molecule has 160 valence electrons. The van der Waals surface area contributed by atoms with Crippen molar-refractivity contribution in [3.63, 3.8) is 0 Å². The zero-order valence-corrected chi connectivity index (χ0v) is 17.4. The van der Waals surface area contributed by atoms with Crippen LogP contribution in [0.2, 0.25) is 0 Å². The number of fused-ring (bicyclic) bond motifs is 1. The Labute approximate surface area is 178 Å². The fraction of sp³-hybridized carbons (Fsp3) is 0.300. The van der Waals surface area contributed by atoms with E-state index in [1.165, 1.54) is 4.31 Å². The Bertz CT molecular complexity index is 1260. The first-order valence-corrected chi connectivity index (χ1v) is 11.5. The molecule has 0 bridgehead atoms. The number of sulfonamides is 1. The molecule has 11 heteroatoms. The van der Waals surface area contributed by atoms with Crippen molar-refractivity contribution in [1.29, 1.82) is 0 Å². The van der Waals surface area contributed by atoms with E-state index >= 15 is 0 Å². The smallest absolute Gasteiger partial charge is 0.233 e. The van der Waals surface area contributed by atoms with Crippen molar-refractivity contribution >= 4 is 21.0 Å². The second kappa shape index (κ2) is 8.08. The number of benzene rings is 1. The van der Waals surface area contributed by atoms with Crippen molar-refractivity contribution in [2.24, 2.45) is 0 Å². The highest BCUT2D eigenvalue weighted by Gasteiger charge is 2.30. The Hall–Kier alpha value is -3.31. The van der Waals surface area contributed by atoms with Gasteiger partial charge in [-0.3, -0.25) is 0 Å². The molecule has 3 aromatic heterocycles. The number of piperidine rings is 1. The maximum atomic E-state index is 12.9. The van der Waals surface area contributed by atoms with E-state index in [1.807, 2.05) is 18.2 Å². The molecule has 1 saturated heterocycles. The van der Waals surface area contributed by atoms with Crippen LogP contribution >= 0.6 is 0 Å². The van der Waals surface area contributed by atoms with Crippen molar-refractivity contribution < 1.29 is 17.7 Å². The molecule has 0 atom stereocenters. The monoisotopic (exact) mass is 440 g/mol. The fourth-order valence-electron chi connectivity index (χ4n) is 3.61. The number of para-hydroxylation sites is 1. The molecule has 1 aliphatic heterocycles. The normalized spacial score (nSPS) is 16.0. The first kappa shape index (κ1) is 19.6. The lowest BCUT2D eigenvalue weighted by Gasteiger charge is -2.30. The van der Waals surface area contributed by atoms with Gasteiger partial charge in [-0.05, 0) is 37.1 Å². The number of aromatic nitrogens is 5. The summed E-state index contributed by atoms with van der Waals surface area (Å²) in [5.74, 6) is 0.820. The summed E-state index contributed by atoms with van der Waals surface area (Å²) < 4.78 is 40.0. The van der Waals surface area contributed by atoms with Crippen molar-refractivity contribution in [1.82, 2.24) is 29.4 Å². The zero-order chi connectivity index (χ0) is 21.3. The van der Waals surface area contributed by atoms with Crippen molar-refractivity contribution in [3.8, 4) is 11.7 Å². The molecule has 0 radical (unpaired) electrons. The minimum atomic E-state index is -3.51. The molecule has 0 amide bonds. The Morgan fingerprint density at radius 2 is 1.90 bits per heavy atom. The SMILES string of the molecule is O=S(=O)(Cc1noc2ccccc12)N1CCC(Oc2ccc(-n3cccn3)nn2)CC1. The van der Waals surface area contributed by atoms with Crippen LogP contribution in [0.15, 0.2) is 59.4 Å². The summed E-state index contributed by atoms with van der Waals surface area (Å²) in [7, 11) is -3.51. The topological polar surface area (TPSA) is 116 Å². The predicted octanol–water partition coefficient (Wildman–Crippen LogP) is 2.18. The summed E-state index contributed by atoms with van der Waals surface area (Å²) in [6, 6.07) is 12.6. The summed E-state index contributed by atoms with van der Waals surface area (Å²) >= 11 is 0. The van der Waals surface area contributed by atoms with Gasteiger partial charge in [-0.1, -0.05) is 17.3 Å². The lowest BCUT2D eigenvalue weighted by atomic mass is 10.1. The van der Waals surface area contributed by atoms with Crippen LogP contribution in [-0.4, -0.2) is 57.1 Å². The molecule has 0 N–H and O–H groups in total. The van der Waals surface area contributed by atoms with Gasteiger partial charge in [-0.15, -0.1) is 10.2 Å². The van der Waals surface area contributed by atoms with Gasteiger partial charge >= 0.3 is 0 Å². The van der Waals surface area contributed by atoms with Gasteiger partial charge in [0.1, 0.15) is 17.6 Å². The molecule has 0 unspecified atom stereocenters. The molecular weight excluding hydrogens is 420 g/mol. The quantitative estimate of drug-likeness (QED) is 0.448. The minimum absolute atomic E-state index is 0.121. The molecule has 5 rings (SSSR count). The standard InChI is InChI=1S/C20H20N6O4S/c27-31(28,14-17-16-4-1-2-5-18(16)30-24-17)25-12-8-15(9-13-25)29-20-7-6-19(22-23-20)26-11-3-10-21-26/h1-7,10-11,15H,8-9,12-14H2. The maximum absolute atomic E-state index is 12.9. The Morgan fingerprint density at radius 1 is 1.06 bits per heavy atom. The summed E-state index contributed by atoms with van der Waals surface area (Å²) in [6.07, 6.45) is 4.47. The lowest BCUT2D eigenvalue weighted by molar-refractivity contribution is 0.128. The van der Waals surface area contributed by atoms with Gasteiger partial charge in [0, 0.05) is 36.9 Å². The third-order valence-corrected chi connectivity index (χ3v) is 7.01. The second-order valence-corrected chi connectivity index (χ2v) is 9.25. The van der Waals surface area contributed by atoms with E-state index in [4.69, 9.17) is 9.26 Å². The molecule has 10 nitrogen and oxygen atoms in total. The molecule has 4 aromatic rings. The third kappa shape index (κ3) is 4.14. The number of nitrogens with zero attached hydrogens (tertiary/aromatic N) is 6. The summed E-state index contributed by atoms with van der Waals surface area (Å²) in [5.41, 5.74) is 1.01. The summed E-state index contributed by atoms with van der Waals surface area (Å²) in [5, 5.41) is 17.0. The van der Waals surface area contributed by atoms with Gasteiger partial charge in [0.2, 0.25) is 15.9 Å². The van der Waals surface area contributed by atoms with E-state index in [-0.39, 0.29) is 11.9 Å². The van der Waals surface area contributed by atoms with Crippen LogP contribution < -0.4 is 4.74 Å². The van der Waals surface area contributed by atoms with Crippen molar-refractivity contribution in [2.45, 2.75) is 24.7 Å². The van der Waals surface area contributed by atoms with E-state index < -0.39 is 10.0 Å². The molecule has 1 aliphatic rings. The van der Waals surface area contributed by atoms with Crippen LogP contribution in [0.1, 0.15) is 18.5 Å². The van der Waals surface area contributed by atoms with Crippen LogP contribution in [-0.2, 0) is 15.8 Å². The van der Waals surface area contributed by atoms with Gasteiger partial charge in [0.15, 0.2) is 11.4 Å². The highest BCUT2D eigenvalue weighted by Crippen LogP contribution is 2.24. The number of ether oxygens (including phenoxy) is 1. The molecule has 0 spiro atoms. The highest BCUT2D eigenvalue weighted by atomic mass is 32.2. The number of hydrogen-bond acceptors (Lipinski definition) is 8. The zero-order valence-electron chi connectivity index (χ0n) is 16.5. The van der Waals surface area contributed by atoms with Crippen LogP contribution in [0.25, 0.3) is 16.8 Å². The summed E-state index contributed by atoms with van der Waals surface area (Å²) in [6.45, 7) is 0.753. The van der Waals surface area contributed by atoms with Gasteiger partial charge in [-0.2, -0.15) is 5.10 Å². The Morgan fingerprint density at radius 3 is 2.65 bits per heavy atom. The molecule has 1 aromatic carbocycles. The highest BCUT2D eigenvalue weighted by molar-refractivity contribution is 7.88. The van der Waals surface area contributed by atoms with E-state index in [0.717, 1.165) is 5.39 Å². The minimum Gasteiger partial charge on any atom is -0.473 e. The summed E-state index contributed by atoms with van der Waals surface area (Å²) in [4.78, 5) is 0. The molecule has 31 heavy (non-hydrogen) atoms. The van der Waals surface area contributed by atoms with E-state index in [0.29, 0.717) is 48.9 Å². The van der Waals surface area contributed by atoms with E-state index in [1.54, 1.807) is 41.3 Å². The molecule has 4 heterocycles. The second-order valence-electron chi connectivity index (χ2n) is 7.28. The Balaban J connectivity index is 1.19. The van der Waals surface area contributed by atoms with Crippen molar-refractivity contribution in [2.75, 3.05) is 13.1 Å². The van der Waals surface area contributed by atoms with Crippen LogP contribution in [0, 0.1) is 0 Å². The first-order valence-electron chi connectivity index (χ1n) is 9.90. The largest absolute Gasteiger partial charge is 0.473 e. The first-order chi connectivity index (χ1) is 15.1. The molecule has 0 aliphatic carbocycles. The lowest BCUT2D eigenvalue weighted by Crippen LogP contribution is -2.42. The maximum Gasteiger partial charge on any atom is 0.233 e. The van der Waals surface area contributed by atoms with Gasteiger partial charge in [0.05, 0.1) is 0 Å². The Kier molecular flexibility index (Phi) is 5.12. The van der Waals surface area contributed by atoms with E-state index in [9.17, 15) is 8.42 Å². The predicted molar refractivity (Wildman–Crippen MR) is 111 cm³/mol. The molecule has 1 fully saturated rings. The van der Waals surface area contributed by atoms with Crippen molar-refractivity contribution in [3.05, 3.63) is 60.6 Å². The fourth-order valence-corrected chi connectivity index (χ4v) is 5.11. The third-order valence-electron chi connectivity index (χ3n) is 5.22. The van der Waals surface area contributed by atoms with Crippen LogP contribution in [0.4, 0.5) is 0 Å². The number of rotatable bonds is 6. The van der Waals surface area contributed by atoms with E-state index in [2.05, 4.69) is 20.5 Å². The average Bonchev–Trinajstić information content (AvgIpc) is 3.46. The average molecular weight is 440 g/mol. The molecular formula is C20H20N6O4S. The van der Waals surface area contributed by atoms with Gasteiger partial charge in [0.25, 0.3) is 0 Å². The van der Waals surface area contributed by atoms with Crippen LogP contribution in [0.3, 0.4) is 0 Å².